The van der Waals surface area contributed by atoms with Gasteiger partial charge < -0.3 is 0 Å². The predicted molar refractivity (Wildman–Crippen MR) is 77.4 cm³/mol. The van der Waals surface area contributed by atoms with E-state index in [2.05, 4.69) is 4.98 Å². The molecule has 0 aliphatic rings. The quantitative estimate of drug-likeness (QED) is 0.636. The average Bonchev–Trinajstić information content (AvgIpc) is 2.46. The van der Waals surface area contributed by atoms with Crippen LogP contribution in [-0.4, -0.2) is 9.55 Å². The lowest BCUT2D eigenvalue weighted by Gasteiger charge is -2.06. The van der Waals surface area contributed by atoms with Crippen LogP contribution in [0.2, 0.25) is 5.28 Å². The standard InChI is InChI=1S/C15H11ClN2O/c1-18-14(19)12-9-11(10-5-3-2-4-6-10)7-8-13(12)17-15(18)16/h2-9H,1H3. The average molecular weight is 271 g/mol. The lowest BCUT2D eigenvalue weighted by molar-refractivity contribution is 0.844. The molecule has 0 saturated heterocycles. The monoisotopic (exact) mass is 270 g/mol. The Kier molecular flexibility index (Phi) is 2.84. The van der Waals surface area contributed by atoms with E-state index in [1.54, 1.807) is 7.05 Å². The second-order valence-corrected chi connectivity index (χ2v) is 4.68. The molecule has 0 spiro atoms. The van der Waals surface area contributed by atoms with Crippen molar-refractivity contribution in [1.82, 2.24) is 9.55 Å². The fourth-order valence-corrected chi connectivity index (χ4v) is 2.22. The molecule has 0 fully saturated rings. The van der Waals surface area contributed by atoms with E-state index < -0.39 is 0 Å². The van der Waals surface area contributed by atoms with Gasteiger partial charge >= 0.3 is 0 Å². The van der Waals surface area contributed by atoms with Gasteiger partial charge in [0.25, 0.3) is 5.56 Å². The second kappa shape index (κ2) is 4.52. The summed E-state index contributed by atoms with van der Waals surface area (Å²) in [5.41, 5.74) is 2.55. The van der Waals surface area contributed by atoms with E-state index in [0.29, 0.717) is 10.9 Å². The molecule has 0 bridgehead atoms. The van der Waals surface area contributed by atoms with Gasteiger partial charge in [0.2, 0.25) is 5.28 Å². The van der Waals surface area contributed by atoms with Crippen molar-refractivity contribution in [2.75, 3.05) is 0 Å². The Morgan fingerprint density at radius 1 is 1.05 bits per heavy atom. The largest absolute Gasteiger partial charge is 0.286 e. The first-order valence-electron chi connectivity index (χ1n) is 5.88. The number of nitrogens with zero attached hydrogens (tertiary/aromatic N) is 2. The predicted octanol–water partition coefficient (Wildman–Crippen LogP) is 3.25. The summed E-state index contributed by atoms with van der Waals surface area (Å²) in [4.78, 5) is 16.4. The number of fused-ring (bicyclic) bond motifs is 1. The van der Waals surface area contributed by atoms with E-state index >= 15 is 0 Å². The van der Waals surface area contributed by atoms with Gasteiger partial charge in [0.15, 0.2) is 0 Å². The zero-order valence-corrected chi connectivity index (χ0v) is 11.1. The summed E-state index contributed by atoms with van der Waals surface area (Å²) in [5, 5.41) is 0.776. The Labute approximate surface area is 115 Å². The molecule has 1 aromatic heterocycles. The van der Waals surface area contributed by atoms with E-state index in [-0.39, 0.29) is 10.8 Å². The first-order chi connectivity index (χ1) is 9.16. The topological polar surface area (TPSA) is 34.9 Å². The number of hydrogen-bond donors (Lipinski definition) is 0. The number of hydrogen-bond acceptors (Lipinski definition) is 2. The molecule has 0 aliphatic carbocycles. The van der Waals surface area contributed by atoms with Crippen LogP contribution in [0.1, 0.15) is 0 Å². The lowest BCUT2D eigenvalue weighted by Crippen LogP contribution is -2.18. The molecular weight excluding hydrogens is 260 g/mol. The van der Waals surface area contributed by atoms with Crippen LogP contribution in [0, 0.1) is 0 Å². The SMILES string of the molecule is Cn1c(Cl)nc2ccc(-c3ccccc3)cc2c1=O. The molecule has 3 aromatic rings. The van der Waals surface area contributed by atoms with E-state index in [1.807, 2.05) is 48.5 Å². The Hall–Kier alpha value is -2.13. The van der Waals surface area contributed by atoms with Gasteiger partial charge in [-0.1, -0.05) is 36.4 Å². The van der Waals surface area contributed by atoms with Crippen LogP contribution in [0.4, 0.5) is 0 Å². The molecule has 3 rings (SSSR count). The summed E-state index contributed by atoms with van der Waals surface area (Å²) < 4.78 is 1.35. The normalized spacial score (nSPS) is 10.8. The highest BCUT2D eigenvalue weighted by atomic mass is 35.5. The van der Waals surface area contributed by atoms with E-state index in [1.165, 1.54) is 4.57 Å². The molecule has 3 nitrogen and oxygen atoms in total. The van der Waals surface area contributed by atoms with Crippen LogP contribution in [0.15, 0.2) is 53.3 Å². The van der Waals surface area contributed by atoms with Crippen LogP contribution >= 0.6 is 11.6 Å². The first kappa shape index (κ1) is 11.9. The van der Waals surface area contributed by atoms with Gasteiger partial charge in [0.1, 0.15) is 0 Å². The molecule has 4 heteroatoms. The molecule has 0 atom stereocenters. The van der Waals surface area contributed by atoms with Crippen molar-refractivity contribution in [3.8, 4) is 11.1 Å². The van der Waals surface area contributed by atoms with E-state index in [0.717, 1.165) is 11.1 Å². The molecular formula is C15H11ClN2O. The molecule has 19 heavy (non-hydrogen) atoms. The Morgan fingerprint density at radius 2 is 1.79 bits per heavy atom. The lowest BCUT2D eigenvalue weighted by atomic mass is 10.0. The van der Waals surface area contributed by atoms with Crippen LogP contribution in [-0.2, 0) is 7.05 Å². The van der Waals surface area contributed by atoms with Crippen LogP contribution in [0.3, 0.4) is 0 Å². The molecule has 0 radical (unpaired) electrons. The molecule has 0 unspecified atom stereocenters. The molecule has 0 amide bonds. The summed E-state index contributed by atoms with van der Waals surface area (Å²) in [6, 6.07) is 15.5. The minimum atomic E-state index is -0.132. The summed E-state index contributed by atoms with van der Waals surface area (Å²) in [6.45, 7) is 0. The third-order valence-corrected chi connectivity index (χ3v) is 3.47. The smallest absolute Gasteiger partial charge is 0.262 e. The van der Waals surface area contributed by atoms with Gasteiger partial charge in [-0.05, 0) is 34.9 Å². The van der Waals surface area contributed by atoms with Crippen LogP contribution in [0.5, 0.6) is 0 Å². The van der Waals surface area contributed by atoms with Crippen molar-refractivity contribution in [2.45, 2.75) is 0 Å². The van der Waals surface area contributed by atoms with Gasteiger partial charge in [0, 0.05) is 7.05 Å². The third kappa shape index (κ3) is 2.02. The maximum atomic E-state index is 12.2. The van der Waals surface area contributed by atoms with Crippen molar-refractivity contribution in [3.05, 3.63) is 64.2 Å². The highest BCUT2D eigenvalue weighted by Gasteiger charge is 2.07. The Balaban J connectivity index is 2.30. The molecule has 94 valence electrons. The summed E-state index contributed by atoms with van der Waals surface area (Å²) >= 11 is 5.90. The first-order valence-corrected chi connectivity index (χ1v) is 6.26. The van der Waals surface area contributed by atoms with Crippen molar-refractivity contribution in [2.24, 2.45) is 7.05 Å². The number of aromatic nitrogens is 2. The van der Waals surface area contributed by atoms with Crippen molar-refractivity contribution >= 4 is 22.5 Å². The number of halogens is 1. The highest BCUT2D eigenvalue weighted by molar-refractivity contribution is 6.28. The fourth-order valence-electron chi connectivity index (χ4n) is 2.05. The number of benzene rings is 2. The van der Waals surface area contributed by atoms with Gasteiger partial charge in [-0.3, -0.25) is 9.36 Å². The zero-order chi connectivity index (χ0) is 13.4. The maximum absolute atomic E-state index is 12.2. The Morgan fingerprint density at radius 3 is 2.53 bits per heavy atom. The summed E-state index contributed by atoms with van der Waals surface area (Å²) in [7, 11) is 1.62. The minimum absolute atomic E-state index is 0.132. The number of rotatable bonds is 1. The molecule has 0 N–H and O–H groups in total. The molecule has 1 heterocycles. The molecule has 2 aromatic carbocycles. The fraction of sp³-hybridized carbons (Fsp3) is 0.0667. The van der Waals surface area contributed by atoms with Crippen molar-refractivity contribution < 1.29 is 0 Å². The highest BCUT2D eigenvalue weighted by Crippen LogP contribution is 2.22. The summed E-state index contributed by atoms with van der Waals surface area (Å²) in [5.74, 6) is 0. The Bertz CT molecular complexity index is 809. The van der Waals surface area contributed by atoms with E-state index in [9.17, 15) is 4.79 Å². The third-order valence-electron chi connectivity index (χ3n) is 3.13. The van der Waals surface area contributed by atoms with Crippen LogP contribution < -0.4 is 5.56 Å². The molecule has 0 aliphatic heterocycles. The van der Waals surface area contributed by atoms with Gasteiger partial charge in [0.05, 0.1) is 10.9 Å². The van der Waals surface area contributed by atoms with E-state index in [4.69, 9.17) is 11.6 Å². The maximum Gasteiger partial charge on any atom is 0.262 e. The van der Waals surface area contributed by atoms with Crippen molar-refractivity contribution in [1.29, 1.82) is 0 Å². The zero-order valence-electron chi connectivity index (χ0n) is 10.3. The van der Waals surface area contributed by atoms with Crippen LogP contribution in [0.25, 0.3) is 22.0 Å². The van der Waals surface area contributed by atoms with Crippen molar-refractivity contribution in [3.63, 3.8) is 0 Å². The molecule has 0 saturated carbocycles. The van der Waals surface area contributed by atoms with Gasteiger partial charge in [-0.2, -0.15) is 0 Å². The van der Waals surface area contributed by atoms with Gasteiger partial charge in [-0.25, -0.2) is 4.98 Å². The summed E-state index contributed by atoms with van der Waals surface area (Å²) in [6.07, 6.45) is 0. The second-order valence-electron chi connectivity index (χ2n) is 4.34. The van der Waals surface area contributed by atoms with Gasteiger partial charge in [-0.15, -0.1) is 0 Å². The minimum Gasteiger partial charge on any atom is -0.286 e.